The van der Waals surface area contributed by atoms with Crippen molar-refractivity contribution in [3.63, 3.8) is 0 Å². The lowest BCUT2D eigenvalue weighted by Gasteiger charge is -2.02. The van der Waals surface area contributed by atoms with Crippen molar-refractivity contribution in [2.45, 2.75) is 6.92 Å². The summed E-state index contributed by atoms with van der Waals surface area (Å²) < 4.78 is 0. The van der Waals surface area contributed by atoms with Crippen LogP contribution in [0.2, 0.25) is 0 Å². The number of para-hydroxylation sites is 1. The Morgan fingerprint density at radius 2 is 1.91 bits per heavy atom. The molecule has 0 radical (unpaired) electrons. The summed E-state index contributed by atoms with van der Waals surface area (Å²) in [5.74, 6) is -0.108. The molecular formula is C18H14N2O3. The van der Waals surface area contributed by atoms with Gasteiger partial charge < -0.3 is 4.98 Å². The van der Waals surface area contributed by atoms with Crippen molar-refractivity contribution in [3.8, 4) is 0 Å². The van der Waals surface area contributed by atoms with Gasteiger partial charge in [0, 0.05) is 28.6 Å². The van der Waals surface area contributed by atoms with Crippen molar-refractivity contribution < 1.29 is 9.72 Å². The Balaban J connectivity index is 2.09. The minimum Gasteiger partial charge on any atom is -0.354 e. The summed E-state index contributed by atoms with van der Waals surface area (Å²) in [5.41, 5.74) is 2.74. The van der Waals surface area contributed by atoms with Crippen LogP contribution in [0.5, 0.6) is 0 Å². The number of nitro benzene ring substituents is 1. The molecule has 0 fully saturated rings. The zero-order valence-corrected chi connectivity index (χ0v) is 12.4. The number of non-ortho nitro benzene ring substituents is 1. The van der Waals surface area contributed by atoms with Crippen LogP contribution in [0.1, 0.15) is 18.2 Å². The van der Waals surface area contributed by atoms with E-state index in [1.807, 2.05) is 30.3 Å². The molecule has 0 spiro atoms. The third-order valence-corrected chi connectivity index (χ3v) is 3.59. The topological polar surface area (TPSA) is 76.0 Å². The van der Waals surface area contributed by atoms with Crippen molar-refractivity contribution in [2.75, 3.05) is 0 Å². The number of carbonyl (C=O) groups excluding carboxylic acids is 1. The molecule has 2 aromatic carbocycles. The number of hydrogen-bond acceptors (Lipinski definition) is 3. The van der Waals surface area contributed by atoms with Gasteiger partial charge in [0.25, 0.3) is 5.69 Å². The fourth-order valence-corrected chi connectivity index (χ4v) is 2.48. The fraction of sp³-hybridized carbons (Fsp3) is 0.0556. The van der Waals surface area contributed by atoms with Gasteiger partial charge in [0.15, 0.2) is 5.78 Å². The summed E-state index contributed by atoms with van der Waals surface area (Å²) in [4.78, 5) is 25.7. The van der Waals surface area contributed by atoms with Gasteiger partial charge in [0.1, 0.15) is 0 Å². The van der Waals surface area contributed by atoms with Crippen molar-refractivity contribution in [1.29, 1.82) is 0 Å². The average molecular weight is 306 g/mol. The van der Waals surface area contributed by atoms with Crippen molar-refractivity contribution in [1.82, 2.24) is 4.98 Å². The SMILES string of the molecule is CC(=O)C(=Cc1cccc([N+](=O)[O-])c1)c1cc2ccccc2[nH]1. The van der Waals surface area contributed by atoms with Crippen molar-refractivity contribution >= 4 is 34.0 Å². The van der Waals surface area contributed by atoms with Crippen LogP contribution in [0.4, 0.5) is 5.69 Å². The molecular weight excluding hydrogens is 292 g/mol. The summed E-state index contributed by atoms with van der Waals surface area (Å²) in [6, 6.07) is 15.9. The third kappa shape index (κ3) is 3.03. The summed E-state index contributed by atoms with van der Waals surface area (Å²) in [6.07, 6.45) is 1.67. The maximum atomic E-state index is 12.0. The Morgan fingerprint density at radius 3 is 2.61 bits per heavy atom. The Morgan fingerprint density at radius 1 is 1.13 bits per heavy atom. The van der Waals surface area contributed by atoms with Crippen LogP contribution in [-0.4, -0.2) is 15.7 Å². The van der Waals surface area contributed by atoms with Crippen LogP contribution in [0.3, 0.4) is 0 Å². The first-order chi connectivity index (χ1) is 11.0. The van der Waals surface area contributed by atoms with Gasteiger partial charge in [0.05, 0.1) is 10.6 Å². The molecule has 1 aromatic heterocycles. The highest BCUT2D eigenvalue weighted by Gasteiger charge is 2.12. The minimum atomic E-state index is -0.451. The maximum Gasteiger partial charge on any atom is 0.270 e. The number of nitrogens with zero attached hydrogens (tertiary/aromatic N) is 1. The second kappa shape index (κ2) is 5.88. The normalized spacial score (nSPS) is 11.6. The average Bonchev–Trinajstić information content (AvgIpc) is 2.96. The van der Waals surface area contributed by atoms with E-state index < -0.39 is 4.92 Å². The predicted octanol–water partition coefficient (Wildman–Crippen LogP) is 4.21. The van der Waals surface area contributed by atoms with Crippen molar-refractivity contribution in [2.24, 2.45) is 0 Å². The molecule has 0 aliphatic heterocycles. The number of Topliss-reactive ketones (excluding diaryl/α,β-unsaturated/α-hetero) is 1. The summed E-state index contributed by atoms with van der Waals surface area (Å²) in [7, 11) is 0. The van der Waals surface area contributed by atoms with Crippen LogP contribution in [0.25, 0.3) is 22.6 Å². The van der Waals surface area contributed by atoms with E-state index in [4.69, 9.17) is 0 Å². The van der Waals surface area contributed by atoms with Crippen LogP contribution >= 0.6 is 0 Å². The van der Waals surface area contributed by atoms with Gasteiger partial charge in [-0.1, -0.05) is 30.3 Å². The number of allylic oxidation sites excluding steroid dienone is 1. The second-order valence-corrected chi connectivity index (χ2v) is 5.24. The standard InChI is InChI=1S/C18H14N2O3/c1-12(21)16(10-13-5-4-7-15(9-13)20(22)23)18-11-14-6-2-3-8-17(14)19-18/h2-11,19H,1H3. The number of nitrogens with one attached hydrogen (secondary N) is 1. The van der Waals surface area contributed by atoms with Gasteiger partial charge in [0.2, 0.25) is 0 Å². The van der Waals surface area contributed by atoms with Crippen molar-refractivity contribution in [3.05, 3.63) is 76.0 Å². The molecule has 0 saturated carbocycles. The molecule has 0 unspecified atom stereocenters. The van der Waals surface area contributed by atoms with Crippen LogP contribution in [-0.2, 0) is 4.79 Å². The lowest BCUT2D eigenvalue weighted by atomic mass is 10.0. The molecule has 0 saturated heterocycles. The van der Waals surface area contributed by atoms with Gasteiger partial charge in [-0.3, -0.25) is 14.9 Å². The van der Waals surface area contributed by atoms with Crippen LogP contribution in [0, 0.1) is 10.1 Å². The molecule has 0 atom stereocenters. The first-order valence-corrected chi connectivity index (χ1v) is 7.10. The molecule has 3 rings (SSSR count). The number of ketones is 1. The number of nitro groups is 1. The molecule has 0 aliphatic rings. The maximum absolute atomic E-state index is 12.0. The van der Waals surface area contributed by atoms with Gasteiger partial charge in [-0.25, -0.2) is 0 Å². The van der Waals surface area contributed by atoms with Gasteiger partial charge in [-0.2, -0.15) is 0 Å². The molecule has 5 nitrogen and oxygen atoms in total. The first kappa shape index (κ1) is 14.7. The lowest BCUT2D eigenvalue weighted by molar-refractivity contribution is -0.384. The van der Waals surface area contributed by atoms with E-state index in [2.05, 4.69) is 4.98 Å². The quantitative estimate of drug-likeness (QED) is 0.446. The second-order valence-electron chi connectivity index (χ2n) is 5.24. The molecule has 5 heteroatoms. The number of carbonyl (C=O) groups is 1. The molecule has 0 aliphatic carbocycles. The number of aromatic nitrogens is 1. The predicted molar refractivity (Wildman–Crippen MR) is 89.9 cm³/mol. The zero-order valence-electron chi connectivity index (χ0n) is 12.4. The number of hydrogen-bond donors (Lipinski definition) is 1. The van der Waals surface area contributed by atoms with E-state index in [1.54, 1.807) is 18.2 Å². The Labute approximate surface area is 132 Å². The zero-order chi connectivity index (χ0) is 16.4. The summed E-state index contributed by atoms with van der Waals surface area (Å²) >= 11 is 0. The minimum absolute atomic E-state index is 0.00158. The Kier molecular flexibility index (Phi) is 3.76. The summed E-state index contributed by atoms with van der Waals surface area (Å²) in [6.45, 7) is 1.48. The smallest absolute Gasteiger partial charge is 0.270 e. The summed E-state index contributed by atoms with van der Waals surface area (Å²) in [5, 5.41) is 11.9. The number of fused-ring (bicyclic) bond motifs is 1. The fourth-order valence-electron chi connectivity index (χ4n) is 2.48. The Hall–Kier alpha value is -3.21. The third-order valence-electron chi connectivity index (χ3n) is 3.59. The highest BCUT2D eigenvalue weighted by molar-refractivity contribution is 6.24. The highest BCUT2D eigenvalue weighted by atomic mass is 16.6. The van der Waals surface area contributed by atoms with E-state index in [9.17, 15) is 14.9 Å². The van der Waals surface area contributed by atoms with E-state index in [1.165, 1.54) is 19.1 Å². The number of H-pyrrole nitrogens is 1. The monoisotopic (exact) mass is 306 g/mol. The molecule has 23 heavy (non-hydrogen) atoms. The number of benzene rings is 2. The molecule has 114 valence electrons. The Bertz CT molecular complexity index is 905. The van der Waals surface area contributed by atoms with Gasteiger partial charge in [-0.15, -0.1) is 0 Å². The first-order valence-electron chi connectivity index (χ1n) is 7.10. The van der Waals surface area contributed by atoms with E-state index in [0.29, 0.717) is 16.8 Å². The van der Waals surface area contributed by atoms with E-state index in [0.717, 1.165) is 10.9 Å². The van der Waals surface area contributed by atoms with Crippen LogP contribution < -0.4 is 0 Å². The molecule has 0 bridgehead atoms. The molecule has 3 aromatic rings. The van der Waals surface area contributed by atoms with E-state index in [-0.39, 0.29) is 11.5 Å². The molecule has 1 N–H and O–H groups in total. The van der Waals surface area contributed by atoms with E-state index >= 15 is 0 Å². The number of rotatable bonds is 4. The molecule has 1 heterocycles. The largest absolute Gasteiger partial charge is 0.354 e. The lowest BCUT2D eigenvalue weighted by Crippen LogP contribution is -1.96. The number of aromatic amines is 1. The van der Waals surface area contributed by atoms with Crippen LogP contribution in [0.15, 0.2) is 54.6 Å². The van der Waals surface area contributed by atoms with Gasteiger partial charge in [-0.05, 0) is 30.7 Å². The molecule has 0 amide bonds. The van der Waals surface area contributed by atoms with Gasteiger partial charge >= 0.3 is 0 Å². The highest BCUT2D eigenvalue weighted by Crippen LogP contribution is 2.24.